The number of ether oxygens (including phenoxy) is 1. The van der Waals surface area contributed by atoms with Crippen molar-refractivity contribution in [1.82, 2.24) is 19.9 Å². The first-order valence-corrected chi connectivity index (χ1v) is 10.5. The molecular weight excluding hydrogens is 431 g/mol. The molecule has 1 aliphatic rings. The average Bonchev–Trinajstić information content (AvgIpc) is 3.12. The molecule has 0 radical (unpaired) electrons. The van der Waals surface area contributed by atoms with Gasteiger partial charge in [-0.1, -0.05) is 17.9 Å². The quantitative estimate of drug-likeness (QED) is 0.668. The van der Waals surface area contributed by atoms with Gasteiger partial charge in [-0.25, -0.2) is 19.7 Å². The first-order valence-electron chi connectivity index (χ1n) is 9.66. The van der Waals surface area contributed by atoms with Crippen LogP contribution in [0.1, 0.15) is 38.5 Å². The summed E-state index contributed by atoms with van der Waals surface area (Å²) in [6, 6.07) is -0.257. The van der Waals surface area contributed by atoms with E-state index in [2.05, 4.69) is 21.5 Å². The summed E-state index contributed by atoms with van der Waals surface area (Å²) in [4.78, 5) is 27.9. The largest absolute Gasteiger partial charge is 0.444 e. The van der Waals surface area contributed by atoms with E-state index in [1.54, 1.807) is 25.7 Å². The van der Waals surface area contributed by atoms with Crippen molar-refractivity contribution in [3.63, 3.8) is 0 Å². The van der Waals surface area contributed by atoms with Crippen LogP contribution in [0.2, 0.25) is 0 Å². The SMILES string of the molecule is C=Cc1ncc(-c2nc(C(F)(F)F)sc2N2CCN(C(=O)OC(C)(C)C)[C@H](C)C2)cn1. The van der Waals surface area contributed by atoms with Crippen molar-refractivity contribution in [1.29, 1.82) is 0 Å². The summed E-state index contributed by atoms with van der Waals surface area (Å²) in [5.74, 6) is 0.371. The Hall–Kier alpha value is -2.69. The third kappa shape index (κ3) is 5.33. The predicted molar refractivity (Wildman–Crippen MR) is 113 cm³/mol. The van der Waals surface area contributed by atoms with Gasteiger partial charge in [0.25, 0.3) is 0 Å². The van der Waals surface area contributed by atoms with E-state index in [-0.39, 0.29) is 11.7 Å². The number of amides is 1. The zero-order chi connectivity index (χ0) is 23.0. The van der Waals surface area contributed by atoms with Crippen LogP contribution in [-0.4, -0.2) is 57.2 Å². The minimum atomic E-state index is -4.57. The van der Waals surface area contributed by atoms with E-state index >= 15 is 0 Å². The lowest BCUT2D eigenvalue weighted by Crippen LogP contribution is -2.55. The maximum Gasteiger partial charge on any atom is 0.443 e. The van der Waals surface area contributed by atoms with Crippen LogP contribution in [0.4, 0.5) is 23.0 Å². The number of hydrogen-bond donors (Lipinski definition) is 0. The van der Waals surface area contributed by atoms with Crippen LogP contribution in [0, 0.1) is 0 Å². The normalized spacial score (nSPS) is 17.6. The van der Waals surface area contributed by atoms with Gasteiger partial charge in [-0.15, -0.1) is 0 Å². The molecule has 1 fully saturated rings. The van der Waals surface area contributed by atoms with Crippen LogP contribution in [-0.2, 0) is 10.9 Å². The molecule has 3 heterocycles. The van der Waals surface area contributed by atoms with Crippen molar-refractivity contribution in [3.05, 3.63) is 29.8 Å². The van der Waals surface area contributed by atoms with Crippen LogP contribution in [0.25, 0.3) is 17.3 Å². The zero-order valence-corrected chi connectivity index (χ0v) is 18.5. The second kappa shape index (κ2) is 8.45. The van der Waals surface area contributed by atoms with E-state index in [0.29, 0.717) is 47.4 Å². The van der Waals surface area contributed by atoms with E-state index in [4.69, 9.17) is 4.74 Å². The molecule has 0 aromatic carbocycles. The van der Waals surface area contributed by atoms with Gasteiger partial charge in [0.05, 0.1) is 0 Å². The first kappa shape index (κ1) is 23.0. The molecule has 1 aliphatic heterocycles. The molecule has 0 aliphatic carbocycles. The highest BCUT2D eigenvalue weighted by atomic mass is 32.1. The first-order chi connectivity index (χ1) is 14.4. The predicted octanol–water partition coefficient (Wildman–Crippen LogP) is 4.71. The summed E-state index contributed by atoms with van der Waals surface area (Å²) in [5.41, 5.74) is -0.0710. The highest BCUT2D eigenvalue weighted by Crippen LogP contribution is 2.42. The Morgan fingerprint density at radius 2 is 1.90 bits per heavy atom. The fourth-order valence-corrected chi connectivity index (χ4v) is 4.13. The Balaban J connectivity index is 1.89. The van der Waals surface area contributed by atoms with Crippen LogP contribution in [0.15, 0.2) is 19.0 Å². The van der Waals surface area contributed by atoms with Gasteiger partial charge in [-0.05, 0) is 33.8 Å². The van der Waals surface area contributed by atoms with Gasteiger partial charge in [0.1, 0.15) is 16.3 Å². The fraction of sp³-hybridized carbons (Fsp3) is 0.500. The van der Waals surface area contributed by atoms with Crippen LogP contribution in [0.3, 0.4) is 0 Å². The topological polar surface area (TPSA) is 71.5 Å². The number of thiazole rings is 1. The Bertz CT molecular complexity index is 953. The van der Waals surface area contributed by atoms with Gasteiger partial charge in [0.15, 0.2) is 5.82 Å². The second-order valence-corrected chi connectivity index (χ2v) is 9.15. The second-order valence-electron chi connectivity index (χ2n) is 8.17. The molecule has 0 N–H and O–H groups in total. The molecule has 2 aromatic heterocycles. The molecule has 2 aromatic rings. The molecule has 31 heavy (non-hydrogen) atoms. The number of anilines is 1. The van der Waals surface area contributed by atoms with E-state index in [0.717, 1.165) is 0 Å². The highest BCUT2D eigenvalue weighted by molar-refractivity contribution is 7.16. The van der Waals surface area contributed by atoms with E-state index < -0.39 is 22.9 Å². The zero-order valence-electron chi connectivity index (χ0n) is 17.7. The molecule has 0 unspecified atom stereocenters. The molecule has 3 rings (SSSR count). The molecule has 1 atom stereocenters. The van der Waals surface area contributed by atoms with Gasteiger partial charge in [-0.3, -0.25) is 0 Å². The van der Waals surface area contributed by atoms with Gasteiger partial charge in [-0.2, -0.15) is 13.2 Å². The van der Waals surface area contributed by atoms with Crippen molar-refractivity contribution >= 4 is 28.5 Å². The number of halogens is 3. The molecule has 1 saturated heterocycles. The van der Waals surface area contributed by atoms with Crippen molar-refractivity contribution in [3.8, 4) is 11.3 Å². The third-order valence-electron chi connectivity index (χ3n) is 4.52. The fourth-order valence-electron chi connectivity index (χ4n) is 3.14. The molecule has 11 heteroatoms. The third-order valence-corrected chi connectivity index (χ3v) is 5.68. The number of piperazine rings is 1. The van der Waals surface area contributed by atoms with Gasteiger partial charge in [0, 0.05) is 43.6 Å². The van der Waals surface area contributed by atoms with E-state index in [1.807, 2.05) is 11.8 Å². The maximum absolute atomic E-state index is 13.4. The number of alkyl halides is 3. The summed E-state index contributed by atoms with van der Waals surface area (Å²) in [6.45, 7) is 11.8. The Morgan fingerprint density at radius 3 is 2.42 bits per heavy atom. The number of carbonyl (C=O) groups is 1. The Morgan fingerprint density at radius 1 is 1.26 bits per heavy atom. The molecule has 0 bridgehead atoms. The highest BCUT2D eigenvalue weighted by Gasteiger charge is 2.39. The van der Waals surface area contributed by atoms with Crippen molar-refractivity contribution in [2.75, 3.05) is 24.5 Å². The Kier molecular flexibility index (Phi) is 6.26. The minimum Gasteiger partial charge on any atom is -0.444 e. The van der Waals surface area contributed by atoms with Crippen LogP contribution in [0.5, 0.6) is 0 Å². The molecule has 1 amide bonds. The number of hydrogen-bond acceptors (Lipinski definition) is 7. The van der Waals surface area contributed by atoms with E-state index in [9.17, 15) is 18.0 Å². The number of carbonyl (C=O) groups excluding carboxylic acids is 1. The molecule has 0 saturated carbocycles. The molecule has 7 nitrogen and oxygen atoms in total. The molecular formula is C20H24F3N5O2S. The smallest absolute Gasteiger partial charge is 0.443 e. The number of nitrogens with zero attached hydrogens (tertiary/aromatic N) is 5. The van der Waals surface area contributed by atoms with Gasteiger partial charge in [0.2, 0.25) is 5.01 Å². The van der Waals surface area contributed by atoms with Crippen molar-refractivity contribution in [2.24, 2.45) is 0 Å². The van der Waals surface area contributed by atoms with Gasteiger partial charge < -0.3 is 14.5 Å². The number of aromatic nitrogens is 3. The lowest BCUT2D eigenvalue weighted by molar-refractivity contribution is -0.137. The van der Waals surface area contributed by atoms with Crippen molar-refractivity contribution < 1.29 is 22.7 Å². The van der Waals surface area contributed by atoms with Crippen LogP contribution < -0.4 is 4.90 Å². The maximum atomic E-state index is 13.4. The number of rotatable bonds is 3. The summed E-state index contributed by atoms with van der Waals surface area (Å²) < 4.78 is 45.6. The van der Waals surface area contributed by atoms with Gasteiger partial charge >= 0.3 is 12.3 Å². The van der Waals surface area contributed by atoms with Crippen molar-refractivity contribution in [2.45, 2.75) is 45.5 Å². The lowest BCUT2D eigenvalue weighted by Gasteiger charge is -2.40. The summed E-state index contributed by atoms with van der Waals surface area (Å²) in [6.07, 6.45) is -0.686. The lowest BCUT2D eigenvalue weighted by atomic mass is 10.1. The summed E-state index contributed by atoms with van der Waals surface area (Å²) in [5, 5.41) is -0.564. The van der Waals surface area contributed by atoms with E-state index in [1.165, 1.54) is 18.5 Å². The average molecular weight is 456 g/mol. The summed E-state index contributed by atoms with van der Waals surface area (Å²) >= 11 is 0.579. The van der Waals surface area contributed by atoms with Crippen LogP contribution >= 0.6 is 11.3 Å². The monoisotopic (exact) mass is 455 g/mol. The summed E-state index contributed by atoms with van der Waals surface area (Å²) in [7, 11) is 0. The molecule has 0 spiro atoms. The minimum absolute atomic E-state index is 0.172. The Labute approximate surface area is 182 Å². The standard InChI is InChI=1S/C20H24F3N5O2S/c1-6-14-24-9-13(10-25-14)15-16(31-17(26-15)20(21,22)23)27-7-8-28(12(2)11-27)18(29)30-19(3,4)5/h6,9-10,12H,1,7-8,11H2,2-5H3/t12-/m1/s1. The molecule has 168 valence electrons.